The highest BCUT2D eigenvalue weighted by Crippen LogP contribution is 2.14. The van der Waals surface area contributed by atoms with Crippen LogP contribution in [0.5, 0.6) is 0 Å². The second-order valence-electron chi connectivity index (χ2n) is 4.48. The predicted molar refractivity (Wildman–Crippen MR) is 87.5 cm³/mol. The highest BCUT2D eigenvalue weighted by Gasteiger charge is 2.07. The molecule has 2 aromatic rings. The summed E-state index contributed by atoms with van der Waals surface area (Å²) in [5.41, 5.74) is 4.88. The van der Waals surface area contributed by atoms with E-state index >= 15 is 0 Å². The topological polar surface area (TPSA) is 41.5 Å². The van der Waals surface area contributed by atoms with Gasteiger partial charge in [-0.05, 0) is 30.2 Å². The number of amides is 1. The number of hydrazone groups is 1. The molecule has 1 N–H and O–H groups in total. The average molecular weight is 299 g/mol. The minimum Gasteiger partial charge on any atom is -0.267 e. The zero-order valence-electron chi connectivity index (χ0n) is 11.6. The fraction of sp³-hybridized carbons (Fsp3) is 0.0588. The van der Waals surface area contributed by atoms with Crippen LogP contribution in [-0.4, -0.2) is 12.1 Å². The second kappa shape index (κ2) is 7.41. The van der Waals surface area contributed by atoms with Crippen LogP contribution in [0.3, 0.4) is 0 Å². The molecule has 4 heteroatoms. The van der Waals surface area contributed by atoms with Gasteiger partial charge >= 0.3 is 0 Å². The number of benzene rings is 2. The van der Waals surface area contributed by atoms with E-state index in [1.54, 1.807) is 30.5 Å². The van der Waals surface area contributed by atoms with Gasteiger partial charge in [-0.2, -0.15) is 5.10 Å². The largest absolute Gasteiger partial charge is 0.272 e. The van der Waals surface area contributed by atoms with Gasteiger partial charge in [0.05, 0.1) is 16.8 Å². The highest BCUT2D eigenvalue weighted by molar-refractivity contribution is 6.33. The Hall–Kier alpha value is -2.39. The summed E-state index contributed by atoms with van der Waals surface area (Å²) in [6, 6.07) is 16.7. The lowest BCUT2D eigenvalue weighted by Crippen LogP contribution is -2.17. The summed E-state index contributed by atoms with van der Waals surface area (Å²) in [5.74, 6) is -0.329. The molecular weight excluding hydrogens is 284 g/mol. The van der Waals surface area contributed by atoms with Gasteiger partial charge in [0.15, 0.2) is 0 Å². The number of nitrogens with one attached hydrogen (secondary N) is 1. The van der Waals surface area contributed by atoms with Crippen molar-refractivity contribution in [2.45, 2.75) is 6.92 Å². The molecule has 21 heavy (non-hydrogen) atoms. The molecule has 0 saturated carbocycles. The molecule has 0 saturated heterocycles. The highest BCUT2D eigenvalue weighted by atomic mass is 35.5. The number of halogens is 1. The molecule has 3 nitrogen and oxygen atoms in total. The molecular formula is C17H15ClN2O. The molecule has 0 aliphatic carbocycles. The zero-order valence-corrected chi connectivity index (χ0v) is 12.3. The van der Waals surface area contributed by atoms with Crippen molar-refractivity contribution in [2.75, 3.05) is 0 Å². The maximum atomic E-state index is 11.9. The predicted octanol–water partition coefficient (Wildman–Crippen LogP) is 4.16. The summed E-state index contributed by atoms with van der Waals surface area (Å²) >= 11 is 5.94. The summed E-state index contributed by atoms with van der Waals surface area (Å²) in [6.07, 6.45) is 3.58. The number of hydrogen-bond donors (Lipinski definition) is 1. The molecule has 0 aliphatic heterocycles. The number of nitrogens with zero attached hydrogens (tertiary/aromatic N) is 1. The van der Waals surface area contributed by atoms with Crippen LogP contribution >= 0.6 is 11.6 Å². The van der Waals surface area contributed by atoms with Gasteiger partial charge in [0.1, 0.15) is 0 Å². The number of carbonyl (C=O) groups is 1. The summed E-state index contributed by atoms with van der Waals surface area (Å²) in [6.45, 7) is 1.91. The van der Waals surface area contributed by atoms with E-state index in [4.69, 9.17) is 11.6 Å². The SMILES string of the molecule is CC(C=NNC(=O)c1ccccc1Cl)=Cc1ccccc1. The Bertz CT molecular complexity index is 678. The fourth-order valence-corrected chi connectivity index (χ4v) is 1.97. The molecule has 0 bridgehead atoms. The van der Waals surface area contributed by atoms with Crippen LogP contribution in [0.2, 0.25) is 5.02 Å². The minimum absolute atomic E-state index is 0.329. The summed E-state index contributed by atoms with van der Waals surface area (Å²) in [5, 5.41) is 4.34. The van der Waals surface area contributed by atoms with Crippen molar-refractivity contribution in [3.05, 3.63) is 76.3 Å². The molecule has 0 radical (unpaired) electrons. The third kappa shape index (κ3) is 4.58. The van der Waals surface area contributed by atoms with Crippen molar-refractivity contribution in [3.63, 3.8) is 0 Å². The molecule has 0 unspecified atom stereocenters. The number of carbonyl (C=O) groups excluding carboxylic acids is 1. The molecule has 0 aromatic heterocycles. The monoisotopic (exact) mass is 298 g/mol. The van der Waals surface area contributed by atoms with Gasteiger partial charge in [-0.3, -0.25) is 4.79 Å². The molecule has 2 aromatic carbocycles. The first kappa shape index (κ1) is 15.0. The molecule has 0 heterocycles. The smallest absolute Gasteiger partial charge is 0.267 e. The van der Waals surface area contributed by atoms with E-state index in [1.165, 1.54) is 0 Å². The van der Waals surface area contributed by atoms with E-state index < -0.39 is 0 Å². The van der Waals surface area contributed by atoms with Crippen molar-refractivity contribution in [1.29, 1.82) is 0 Å². The summed E-state index contributed by atoms with van der Waals surface area (Å²) < 4.78 is 0. The first-order chi connectivity index (χ1) is 10.2. The average Bonchev–Trinajstić information content (AvgIpc) is 2.48. The van der Waals surface area contributed by atoms with Gasteiger partial charge in [0, 0.05) is 0 Å². The Morgan fingerprint density at radius 1 is 1.10 bits per heavy atom. The molecule has 0 atom stereocenters. The number of allylic oxidation sites excluding steroid dienone is 1. The van der Waals surface area contributed by atoms with Gasteiger partial charge in [-0.25, -0.2) is 5.43 Å². The number of hydrogen-bond acceptors (Lipinski definition) is 2. The molecule has 0 aliphatic rings. The summed E-state index contributed by atoms with van der Waals surface area (Å²) in [4.78, 5) is 11.9. The van der Waals surface area contributed by atoms with Crippen LogP contribution in [0.1, 0.15) is 22.8 Å². The lowest BCUT2D eigenvalue weighted by molar-refractivity contribution is 0.0955. The van der Waals surface area contributed by atoms with Crippen LogP contribution in [-0.2, 0) is 0 Å². The van der Waals surface area contributed by atoms with Gasteiger partial charge in [-0.15, -0.1) is 0 Å². The van der Waals surface area contributed by atoms with Crippen LogP contribution in [0.4, 0.5) is 0 Å². The van der Waals surface area contributed by atoms with E-state index in [0.29, 0.717) is 10.6 Å². The van der Waals surface area contributed by atoms with E-state index in [-0.39, 0.29) is 5.91 Å². The first-order valence-electron chi connectivity index (χ1n) is 6.48. The molecule has 2 rings (SSSR count). The Kier molecular flexibility index (Phi) is 5.29. The van der Waals surface area contributed by atoms with Crippen molar-refractivity contribution < 1.29 is 4.79 Å². The van der Waals surface area contributed by atoms with Crippen molar-refractivity contribution in [1.82, 2.24) is 5.43 Å². The maximum absolute atomic E-state index is 11.9. The third-order valence-corrected chi connectivity index (χ3v) is 3.08. The van der Waals surface area contributed by atoms with Crippen LogP contribution in [0.25, 0.3) is 6.08 Å². The molecule has 0 spiro atoms. The van der Waals surface area contributed by atoms with Crippen LogP contribution < -0.4 is 5.43 Å². The molecule has 1 amide bonds. The van der Waals surface area contributed by atoms with Gasteiger partial charge < -0.3 is 0 Å². The van der Waals surface area contributed by atoms with Crippen LogP contribution in [0, 0.1) is 0 Å². The Morgan fingerprint density at radius 2 is 1.76 bits per heavy atom. The van der Waals surface area contributed by atoms with Crippen molar-refractivity contribution in [2.24, 2.45) is 5.10 Å². The van der Waals surface area contributed by atoms with E-state index in [9.17, 15) is 4.79 Å². The Balaban J connectivity index is 1.98. The summed E-state index contributed by atoms with van der Waals surface area (Å²) in [7, 11) is 0. The standard InChI is InChI=1S/C17H15ClN2O/c1-13(11-14-7-3-2-4-8-14)12-19-20-17(21)15-9-5-6-10-16(15)18/h2-12H,1H3,(H,20,21). The van der Waals surface area contributed by atoms with Crippen LogP contribution in [0.15, 0.2) is 65.3 Å². The normalized spacial score (nSPS) is 11.6. The zero-order chi connectivity index (χ0) is 15.1. The molecule has 106 valence electrons. The first-order valence-corrected chi connectivity index (χ1v) is 6.86. The number of rotatable bonds is 4. The van der Waals surface area contributed by atoms with E-state index in [2.05, 4.69) is 10.5 Å². The minimum atomic E-state index is -0.329. The Labute approximate surface area is 129 Å². The van der Waals surface area contributed by atoms with Crippen molar-refractivity contribution in [3.8, 4) is 0 Å². The van der Waals surface area contributed by atoms with E-state index in [1.807, 2.05) is 43.3 Å². The fourth-order valence-electron chi connectivity index (χ4n) is 1.75. The van der Waals surface area contributed by atoms with Crippen molar-refractivity contribution >= 4 is 29.8 Å². The Morgan fingerprint density at radius 3 is 2.48 bits per heavy atom. The van der Waals surface area contributed by atoms with Gasteiger partial charge in [0.25, 0.3) is 5.91 Å². The van der Waals surface area contributed by atoms with Gasteiger partial charge in [-0.1, -0.05) is 60.1 Å². The third-order valence-electron chi connectivity index (χ3n) is 2.75. The second-order valence-corrected chi connectivity index (χ2v) is 4.89. The lowest BCUT2D eigenvalue weighted by Gasteiger charge is -2.01. The van der Waals surface area contributed by atoms with Gasteiger partial charge in [0.2, 0.25) is 0 Å². The maximum Gasteiger partial charge on any atom is 0.272 e. The quantitative estimate of drug-likeness (QED) is 0.668. The molecule has 0 fully saturated rings. The lowest BCUT2D eigenvalue weighted by atomic mass is 10.1. The van der Waals surface area contributed by atoms with E-state index in [0.717, 1.165) is 11.1 Å².